The topological polar surface area (TPSA) is 17.1 Å². The maximum atomic E-state index is 12.4. The molecule has 0 N–H and O–H groups in total. The summed E-state index contributed by atoms with van der Waals surface area (Å²) in [6, 6.07) is 10.2. The third-order valence-corrected chi connectivity index (χ3v) is 4.54. The second kappa shape index (κ2) is 6.25. The SMILES string of the molecule is CC(C)=CCC1=C(C)CC(Sc2ccccc2)C1=O. The highest BCUT2D eigenvalue weighted by molar-refractivity contribution is 8.00. The lowest BCUT2D eigenvalue weighted by Gasteiger charge is -2.08. The first-order valence-corrected chi connectivity index (χ1v) is 7.54. The summed E-state index contributed by atoms with van der Waals surface area (Å²) < 4.78 is 0. The molecular formula is C17H20OS. The molecule has 0 amide bonds. The summed E-state index contributed by atoms with van der Waals surface area (Å²) in [6.07, 6.45) is 3.83. The van der Waals surface area contributed by atoms with Crippen molar-refractivity contribution < 1.29 is 4.79 Å². The Morgan fingerprint density at radius 1 is 1.32 bits per heavy atom. The Bertz CT molecular complexity index is 521. The minimum absolute atomic E-state index is 0.0722. The number of allylic oxidation sites excluding steroid dienone is 4. The Kier molecular flexibility index (Phi) is 4.65. The van der Waals surface area contributed by atoms with Gasteiger partial charge in [0.05, 0.1) is 5.25 Å². The van der Waals surface area contributed by atoms with Crippen molar-refractivity contribution in [1.29, 1.82) is 0 Å². The van der Waals surface area contributed by atoms with Crippen molar-refractivity contribution in [3.8, 4) is 0 Å². The third-order valence-electron chi connectivity index (χ3n) is 3.33. The Hall–Kier alpha value is -1.28. The lowest BCUT2D eigenvalue weighted by atomic mass is 10.1. The van der Waals surface area contributed by atoms with Gasteiger partial charge in [0.2, 0.25) is 0 Å². The number of hydrogen-bond acceptors (Lipinski definition) is 2. The van der Waals surface area contributed by atoms with Gasteiger partial charge >= 0.3 is 0 Å². The van der Waals surface area contributed by atoms with Gasteiger partial charge < -0.3 is 0 Å². The Balaban J connectivity index is 2.05. The maximum absolute atomic E-state index is 12.4. The Morgan fingerprint density at radius 3 is 2.63 bits per heavy atom. The molecule has 0 heterocycles. The Labute approximate surface area is 119 Å². The van der Waals surface area contributed by atoms with Gasteiger partial charge in [0.25, 0.3) is 0 Å². The molecule has 1 aliphatic carbocycles. The first-order chi connectivity index (χ1) is 9.08. The zero-order chi connectivity index (χ0) is 13.8. The van der Waals surface area contributed by atoms with Crippen LogP contribution in [0.25, 0.3) is 0 Å². The summed E-state index contributed by atoms with van der Waals surface area (Å²) >= 11 is 1.69. The fraction of sp³-hybridized carbons (Fsp3) is 0.353. The highest BCUT2D eigenvalue weighted by Crippen LogP contribution is 2.36. The second-order valence-corrected chi connectivity index (χ2v) is 6.51. The van der Waals surface area contributed by atoms with E-state index in [9.17, 15) is 4.79 Å². The van der Waals surface area contributed by atoms with Gasteiger partial charge in [-0.05, 0) is 51.3 Å². The van der Waals surface area contributed by atoms with Crippen molar-refractivity contribution in [2.24, 2.45) is 0 Å². The van der Waals surface area contributed by atoms with Crippen molar-refractivity contribution in [3.05, 3.63) is 53.1 Å². The van der Waals surface area contributed by atoms with Crippen LogP contribution in [0.3, 0.4) is 0 Å². The number of thioether (sulfide) groups is 1. The summed E-state index contributed by atoms with van der Waals surface area (Å²) in [5.41, 5.74) is 3.55. The minimum atomic E-state index is 0.0722. The number of benzene rings is 1. The molecule has 0 saturated heterocycles. The monoisotopic (exact) mass is 272 g/mol. The van der Waals surface area contributed by atoms with Crippen LogP contribution in [0.2, 0.25) is 0 Å². The third kappa shape index (κ3) is 3.60. The average Bonchev–Trinajstić information content (AvgIpc) is 2.63. The minimum Gasteiger partial charge on any atom is -0.293 e. The van der Waals surface area contributed by atoms with E-state index in [-0.39, 0.29) is 5.25 Å². The van der Waals surface area contributed by atoms with Crippen molar-refractivity contribution in [3.63, 3.8) is 0 Å². The number of carbonyl (C=O) groups is 1. The van der Waals surface area contributed by atoms with Gasteiger partial charge in [0.15, 0.2) is 5.78 Å². The zero-order valence-corrected chi connectivity index (χ0v) is 12.6. The molecule has 1 aromatic rings. The van der Waals surface area contributed by atoms with Gasteiger partial charge in [0, 0.05) is 4.90 Å². The van der Waals surface area contributed by atoms with E-state index in [1.165, 1.54) is 16.0 Å². The second-order valence-electron chi connectivity index (χ2n) is 5.23. The number of ketones is 1. The van der Waals surface area contributed by atoms with Gasteiger partial charge in [-0.15, -0.1) is 11.8 Å². The van der Waals surface area contributed by atoms with E-state index in [0.717, 1.165) is 18.4 Å². The van der Waals surface area contributed by atoms with E-state index in [0.29, 0.717) is 5.78 Å². The molecule has 0 aliphatic heterocycles. The van der Waals surface area contributed by atoms with Crippen LogP contribution in [-0.2, 0) is 4.79 Å². The van der Waals surface area contributed by atoms with Crippen molar-refractivity contribution in [2.45, 2.75) is 43.8 Å². The molecule has 1 aromatic carbocycles. The first kappa shape index (κ1) is 14.1. The molecule has 2 rings (SSSR count). The fourth-order valence-electron chi connectivity index (χ4n) is 2.24. The molecule has 19 heavy (non-hydrogen) atoms. The van der Waals surface area contributed by atoms with Crippen LogP contribution in [-0.4, -0.2) is 11.0 Å². The Morgan fingerprint density at radius 2 is 2.00 bits per heavy atom. The highest BCUT2D eigenvalue weighted by Gasteiger charge is 2.30. The van der Waals surface area contributed by atoms with E-state index in [1.54, 1.807) is 11.8 Å². The summed E-state index contributed by atoms with van der Waals surface area (Å²) in [7, 11) is 0. The van der Waals surface area contributed by atoms with Gasteiger partial charge in [-0.25, -0.2) is 0 Å². The van der Waals surface area contributed by atoms with E-state index in [1.807, 2.05) is 18.2 Å². The maximum Gasteiger partial charge on any atom is 0.172 e. The predicted octanol–water partition coefficient (Wildman–Crippen LogP) is 4.79. The van der Waals surface area contributed by atoms with Crippen LogP contribution in [0.15, 0.2) is 58.0 Å². The predicted molar refractivity (Wildman–Crippen MR) is 82.5 cm³/mol. The van der Waals surface area contributed by atoms with Crippen LogP contribution in [0.4, 0.5) is 0 Å². The summed E-state index contributed by atoms with van der Waals surface area (Å²) in [4.78, 5) is 13.6. The van der Waals surface area contributed by atoms with E-state index >= 15 is 0 Å². The molecule has 0 aromatic heterocycles. The first-order valence-electron chi connectivity index (χ1n) is 6.66. The lowest BCUT2D eigenvalue weighted by Crippen LogP contribution is -2.12. The van der Waals surface area contributed by atoms with Gasteiger partial charge in [-0.1, -0.05) is 35.4 Å². The quantitative estimate of drug-likeness (QED) is 0.733. The van der Waals surface area contributed by atoms with E-state index in [4.69, 9.17) is 0 Å². The van der Waals surface area contributed by atoms with Crippen molar-refractivity contribution in [1.82, 2.24) is 0 Å². The summed E-state index contributed by atoms with van der Waals surface area (Å²) in [6.45, 7) is 6.24. The van der Waals surface area contributed by atoms with E-state index in [2.05, 4.69) is 39.0 Å². The molecular weight excluding hydrogens is 252 g/mol. The number of hydrogen-bond donors (Lipinski definition) is 0. The van der Waals surface area contributed by atoms with Gasteiger partial charge in [-0.3, -0.25) is 4.79 Å². The van der Waals surface area contributed by atoms with Crippen molar-refractivity contribution >= 4 is 17.5 Å². The number of rotatable bonds is 4. The molecule has 100 valence electrons. The zero-order valence-electron chi connectivity index (χ0n) is 11.8. The van der Waals surface area contributed by atoms with Crippen LogP contribution in [0, 0.1) is 0 Å². The molecule has 0 bridgehead atoms. The standard InChI is InChI=1S/C17H20OS/c1-12(2)9-10-15-13(3)11-16(17(15)18)19-14-7-5-4-6-8-14/h4-9,16H,10-11H2,1-3H3. The molecule has 1 atom stereocenters. The average molecular weight is 272 g/mol. The molecule has 1 nitrogen and oxygen atoms in total. The molecule has 1 aliphatic rings. The molecule has 0 spiro atoms. The van der Waals surface area contributed by atoms with Crippen LogP contribution in [0.1, 0.15) is 33.6 Å². The lowest BCUT2D eigenvalue weighted by molar-refractivity contribution is -0.114. The molecule has 2 heteroatoms. The van der Waals surface area contributed by atoms with Gasteiger partial charge in [0.1, 0.15) is 0 Å². The summed E-state index contributed by atoms with van der Waals surface area (Å²) in [5.74, 6) is 0.323. The molecule has 1 unspecified atom stereocenters. The largest absolute Gasteiger partial charge is 0.293 e. The molecule has 0 saturated carbocycles. The van der Waals surface area contributed by atoms with E-state index < -0.39 is 0 Å². The molecule has 0 radical (unpaired) electrons. The van der Waals surface area contributed by atoms with Crippen LogP contribution in [0.5, 0.6) is 0 Å². The smallest absolute Gasteiger partial charge is 0.172 e. The number of carbonyl (C=O) groups excluding carboxylic acids is 1. The van der Waals surface area contributed by atoms with Crippen LogP contribution < -0.4 is 0 Å². The van der Waals surface area contributed by atoms with Crippen molar-refractivity contribution in [2.75, 3.05) is 0 Å². The summed E-state index contributed by atoms with van der Waals surface area (Å²) in [5, 5.41) is 0.0722. The van der Waals surface area contributed by atoms with Gasteiger partial charge in [-0.2, -0.15) is 0 Å². The molecule has 0 fully saturated rings. The van der Waals surface area contributed by atoms with Crippen LogP contribution >= 0.6 is 11.8 Å². The fourth-order valence-corrected chi connectivity index (χ4v) is 3.46. The normalized spacial score (nSPS) is 18.9. The number of Topliss-reactive ketones (excluding diaryl/α,β-unsaturated/α-hetero) is 1. The highest BCUT2D eigenvalue weighted by atomic mass is 32.2.